The average Bonchev–Trinajstić information content (AvgIpc) is 2.45. The largest absolute Gasteiger partial charge is 0.496 e. The third-order valence-corrected chi connectivity index (χ3v) is 3.78. The van der Waals surface area contributed by atoms with Crippen LogP contribution in [0.2, 0.25) is 0 Å². The minimum Gasteiger partial charge on any atom is -0.496 e. The van der Waals surface area contributed by atoms with E-state index in [1.54, 1.807) is 7.11 Å². The molecule has 2 rings (SSSR count). The first-order valence-electron chi connectivity index (χ1n) is 7.30. The standard InChI is InChI=1S/C16H26N2O/c1-13(2)12-15(18-10-8-17-9-11-18)14-6-4-5-7-16(14)19-3/h4-7,13,15,17H,8-12H2,1-3H3/t15-/m1/s1. The summed E-state index contributed by atoms with van der Waals surface area (Å²) in [5, 5.41) is 3.43. The molecule has 0 amide bonds. The maximum absolute atomic E-state index is 5.56. The van der Waals surface area contributed by atoms with Crippen molar-refractivity contribution < 1.29 is 4.74 Å². The molecule has 1 N–H and O–H groups in total. The van der Waals surface area contributed by atoms with Gasteiger partial charge in [-0.25, -0.2) is 0 Å². The van der Waals surface area contributed by atoms with E-state index in [0.717, 1.165) is 31.9 Å². The zero-order valence-corrected chi connectivity index (χ0v) is 12.4. The van der Waals surface area contributed by atoms with Gasteiger partial charge in [0, 0.05) is 37.8 Å². The predicted octanol–water partition coefficient (Wildman–Crippen LogP) is 2.69. The van der Waals surface area contributed by atoms with Gasteiger partial charge in [0.05, 0.1) is 7.11 Å². The summed E-state index contributed by atoms with van der Waals surface area (Å²) in [6.07, 6.45) is 1.18. The number of nitrogens with one attached hydrogen (secondary N) is 1. The van der Waals surface area contributed by atoms with Crippen molar-refractivity contribution in [2.24, 2.45) is 5.92 Å². The third kappa shape index (κ3) is 3.71. The molecule has 1 aliphatic heterocycles. The van der Waals surface area contributed by atoms with Crippen LogP contribution in [0, 0.1) is 5.92 Å². The third-order valence-electron chi connectivity index (χ3n) is 3.78. The highest BCUT2D eigenvalue weighted by atomic mass is 16.5. The quantitative estimate of drug-likeness (QED) is 0.883. The predicted molar refractivity (Wildman–Crippen MR) is 79.6 cm³/mol. The van der Waals surface area contributed by atoms with E-state index in [1.165, 1.54) is 12.0 Å². The van der Waals surface area contributed by atoms with Gasteiger partial charge < -0.3 is 10.1 Å². The van der Waals surface area contributed by atoms with Gasteiger partial charge in [-0.2, -0.15) is 0 Å². The van der Waals surface area contributed by atoms with Crippen molar-refractivity contribution in [2.75, 3.05) is 33.3 Å². The molecule has 1 aromatic rings. The monoisotopic (exact) mass is 262 g/mol. The molecule has 19 heavy (non-hydrogen) atoms. The highest BCUT2D eigenvalue weighted by molar-refractivity contribution is 5.36. The number of hydrogen-bond donors (Lipinski definition) is 1. The molecule has 0 unspecified atom stereocenters. The number of piperazine rings is 1. The fraction of sp³-hybridized carbons (Fsp3) is 0.625. The van der Waals surface area contributed by atoms with Gasteiger partial charge in [0.25, 0.3) is 0 Å². The Morgan fingerprint density at radius 1 is 1.21 bits per heavy atom. The summed E-state index contributed by atoms with van der Waals surface area (Å²) >= 11 is 0. The van der Waals surface area contributed by atoms with E-state index < -0.39 is 0 Å². The Hall–Kier alpha value is -1.06. The topological polar surface area (TPSA) is 24.5 Å². The van der Waals surface area contributed by atoms with Gasteiger partial charge in [0.2, 0.25) is 0 Å². The number of methoxy groups -OCH3 is 1. The molecule has 3 nitrogen and oxygen atoms in total. The maximum atomic E-state index is 5.56. The molecule has 1 heterocycles. The Bertz CT molecular complexity index is 386. The molecule has 1 aliphatic rings. The minimum atomic E-state index is 0.471. The number of benzene rings is 1. The Kier molecular flexibility index (Phi) is 5.23. The molecule has 1 saturated heterocycles. The van der Waals surface area contributed by atoms with Gasteiger partial charge in [-0.05, 0) is 18.4 Å². The van der Waals surface area contributed by atoms with Crippen LogP contribution in [0.15, 0.2) is 24.3 Å². The number of ether oxygens (including phenoxy) is 1. The highest BCUT2D eigenvalue weighted by Crippen LogP contribution is 2.33. The van der Waals surface area contributed by atoms with E-state index in [9.17, 15) is 0 Å². The van der Waals surface area contributed by atoms with Crippen molar-refractivity contribution >= 4 is 0 Å². The van der Waals surface area contributed by atoms with E-state index >= 15 is 0 Å². The molecule has 1 atom stereocenters. The molecule has 3 heteroatoms. The number of hydrogen-bond acceptors (Lipinski definition) is 3. The molecule has 0 bridgehead atoms. The van der Waals surface area contributed by atoms with Crippen molar-refractivity contribution in [2.45, 2.75) is 26.3 Å². The summed E-state index contributed by atoms with van der Waals surface area (Å²) in [5.41, 5.74) is 1.33. The van der Waals surface area contributed by atoms with Crippen LogP contribution in [0.4, 0.5) is 0 Å². The molecule has 106 valence electrons. The van der Waals surface area contributed by atoms with Crippen LogP contribution in [0.25, 0.3) is 0 Å². The Balaban J connectivity index is 2.25. The lowest BCUT2D eigenvalue weighted by Crippen LogP contribution is -2.45. The van der Waals surface area contributed by atoms with Gasteiger partial charge in [0.15, 0.2) is 0 Å². The van der Waals surface area contributed by atoms with Gasteiger partial charge >= 0.3 is 0 Å². The SMILES string of the molecule is COc1ccccc1[C@@H](CC(C)C)N1CCNCC1. The van der Waals surface area contributed by atoms with Gasteiger partial charge in [-0.15, -0.1) is 0 Å². The normalized spacial score (nSPS) is 18.5. The van der Waals surface area contributed by atoms with E-state index in [2.05, 4.69) is 42.3 Å². The molecule has 0 aliphatic carbocycles. The van der Waals surface area contributed by atoms with Crippen LogP contribution >= 0.6 is 0 Å². The zero-order valence-electron chi connectivity index (χ0n) is 12.4. The first-order valence-corrected chi connectivity index (χ1v) is 7.30. The van der Waals surface area contributed by atoms with Crippen LogP contribution in [0.1, 0.15) is 31.9 Å². The van der Waals surface area contributed by atoms with Crippen LogP contribution < -0.4 is 10.1 Å². The second-order valence-corrected chi connectivity index (χ2v) is 5.67. The number of nitrogens with zero attached hydrogens (tertiary/aromatic N) is 1. The number of rotatable bonds is 5. The maximum Gasteiger partial charge on any atom is 0.123 e. The van der Waals surface area contributed by atoms with Crippen LogP contribution in [-0.4, -0.2) is 38.2 Å². The average molecular weight is 262 g/mol. The van der Waals surface area contributed by atoms with Gasteiger partial charge in [-0.3, -0.25) is 4.90 Å². The van der Waals surface area contributed by atoms with Crippen molar-refractivity contribution in [3.8, 4) is 5.75 Å². The Morgan fingerprint density at radius 2 is 1.89 bits per heavy atom. The van der Waals surface area contributed by atoms with E-state index in [4.69, 9.17) is 4.74 Å². The molecule has 0 saturated carbocycles. The molecule has 0 radical (unpaired) electrons. The van der Waals surface area contributed by atoms with Crippen LogP contribution in [0.3, 0.4) is 0 Å². The van der Waals surface area contributed by atoms with E-state index in [0.29, 0.717) is 12.0 Å². The molecule has 0 aromatic heterocycles. The Labute approximate surface area is 116 Å². The highest BCUT2D eigenvalue weighted by Gasteiger charge is 2.25. The number of para-hydroxylation sites is 1. The van der Waals surface area contributed by atoms with Crippen LogP contribution in [0.5, 0.6) is 5.75 Å². The fourth-order valence-corrected chi connectivity index (χ4v) is 2.85. The van der Waals surface area contributed by atoms with Crippen molar-refractivity contribution in [1.82, 2.24) is 10.2 Å². The van der Waals surface area contributed by atoms with E-state index in [-0.39, 0.29) is 0 Å². The first-order chi connectivity index (χ1) is 9.22. The lowest BCUT2D eigenvalue weighted by Gasteiger charge is -2.36. The van der Waals surface area contributed by atoms with Crippen molar-refractivity contribution in [3.63, 3.8) is 0 Å². The summed E-state index contributed by atoms with van der Waals surface area (Å²) in [6.45, 7) is 9.01. The molecule has 0 spiro atoms. The molecular weight excluding hydrogens is 236 g/mol. The molecular formula is C16H26N2O. The lowest BCUT2D eigenvalue weighted by atomic mass is 9.94. The summed E-state index contributed by atoms with van der Waals surface area (Å²) in [7, 11) is 1.77. The fourth-order valence-electron chi connectivity index (χ4n) is 2.85. The summed E-state index contributed by atoms with van der Waals surface area (Å²) in [6, 6.07) is 8.93. The smallest absolute Gasteiger partial charge is 0.123 e. The molecule has 1 fully saturated rings. The summed E-state index contributed by atoms with van der Waals surface area (Å²) in [5.74, 6) is 1.71. The zero-order chi connectivity index (χ0) is 13.7. The second kappa shape index (κ2) is 6.92. The second-order valence-electron chi connectivity index (χ2n) is 5.67. The van der Waals surface area contributed by atoms with E-state index in [1.807, 2.05) is 6.07 Å². The summed E-state index contributed by atoms with van der Waals surface area (Å²) in [4.78, 5) is 2.59. The van der Waals surface area contributed by atoms with Crippen LogP contribution in [-0.2, 0) is 0 Å². The lowest BCUT2D eigenvalue weighted by molar-refractivity contribution is 0.151. The van der Waals surface area contributed by atoms with Crippen molar-refractivity contribution in [1.29, 1.82) is 0 Å². The minimum absolute atomic E-state index is 0.471. The molecule has 1 aromatic carbocycles. The first kappa shape index (κ1) is 14.4. The van der Waals surface area contributed by atoms with Gasteiger partial charge in [-0.1, -0.05) is 32.0 Å². The van der Waals surface area contributed by atoms with Crippen molar-refractivity contribution in [3.05, 3.63) is 29.8 Å². The summed E-state index contributed by atoms with van der Waals surface area (Å²) < 4.78 is 5.56. The Morgan fingerprint density at radius 3 is 2.53 bits per heavy atom. The van der Waals surface area contributed by atoms with Gasteiger partial charge in [0.1, 0.15) is 5.75 Å².